The van der Waals surface area contributed by atoms with Crippen molar-refractivity contribution in [3.8, 4) is 0 Å². The van der Waals surface area contributed by atoms with Crippen molar-refractivity contribution in [2.24, 2.45) is 0 Å². The van der Waals surface area contributed by atoms with E-state index in [1.54, 1.807) is 0 Å². The molecule has 0 aromatic carbocycles. The predicted molar refractivity (Wildman–Crippen MR) is 72.9 cm³/mol. The quantitative estimate of drug-likeness (QED) is 0.775. The van der Waals surface area contributed by atoms with Crippen LogP contribution in [0.1, 0.15) is 48.0 Å². The Hall–Kier alpha value is -1.04. The van der Waals surface area contributed by atoms with E-state index in [4.69, 9.17) is 0 Å². The third-order valence-electron chi connectivity index (χ3n) is 3.43. The van der Waals surface area contributed by atoms with Crippen LogP contribution in [0.15, 0.2) is 18.5 Å². The van der Waals surface area contributed by atoms with Crippen LogP contribution in [0.4, 0.5) is 13.2 Å². The number of thioether (sulfide) groups is 1. The van der Waals surface area contributed by atoms with Crippen LogP contribution in [0.2, 0.25) is 0 Å². The smallest absolute Gasteiger partial charge is 0.293 e. The number of carbonyl (C=O) groups is 1. The molecule has 2 nitrogen and oxygen atoms in total. The summed E-state index contributed by atoms with van der Waals surface area (Å²) in [6.07, 6.45) is 3.18. The lowest BCUT2D eigenvalue weighted by Crippen LogP contribution is -2.17. The van der Waals surface area contributed by atoms with Crippen LogP contribution in [0.25, 0.3) is 0 Å². The lowest BCUT2D eigenvalue weighted by Gasteiger charge is -2.20. The molecule has 0 saturated heterocycles. The molecule has 0 atom stereocenters. The second-order valence-electron chi connectivity index (χ2n) is 4.91. The number of Topliss-reactive ketones (excluding diaryl/α,β-unsaturated/α-hetero) is 1. The highest BCUT2D eigenvalue weighted by molar-refractivity contribution is 8.00. The molecule has 1 aromatic heterocycles. The van der Waals surface area contributed by atoms with E-state index in [1.165, 1.54) is 18.2 Å². The number of alkyl halides is 3. The first-order chi connectivity index (χ1) is 9.48. The minimum atomic E-state index is -4.51. The summed E-state index contributed by atoms with van der Waals surface area (Å²) in [5.41, 5.74) is -1.20. The molecule has 2 rings (SSSR count). The molecular formula is C14H16F3NOS. The minimum absolute atomic E-state index is 0.0967. The lowest BCUT2D eigenvalue weighted by molar-refractivity contribution is -0.138. The van der Waals surface area contributed by atoms with Gasteiger partial charge >= 0.3 is 6.18 Å². The minimum Gasteiger partial charge on any atom is -0.293 e. The van der Waals surface area contributed by atoms with Crippen LogP contribution in [0.5, 0.6) is 0 Å². The van der Waals surface area contributed by atoms with Crippen molar-refractivity contribution in [2.45, 2.75) is 43.5 Å². The summed E-state index contributed by atoms with van der Waals surface area (Å²) in [6, 6.07) is 0.860. The molecule has 0 spiro atoms. The molecule has 1 heterocycles. The standard InChI is InChI=1S/C14H16F3NOS/c15-14(16,17)12-6-7-18-8-11(12)13(19)9-20-10-4-2-1-3-5-10/h6-8,10H,1-5,9H2. The average Bonchev–Trinajstić information content (AvgIpc) is 2.45. The van der Waals surface area contributed by atoms with Gasteiger partial charge in [0.15, 0.2) is 5.78 Å². The van der Waals surface area contributed by atoms with Gasteiger partial charge in [-0.25, -0.2) is 0 Å². The maximum Gasteiger partial charge on any atom is 0.417 e. The molecule has 0 N–H and O–H groups in total. The van der Waals surface area contributed by atoms with Crippen LogP contribution in [-0.4, -0.2) is 21.8 Å². The fourth-order valence-corrected chi connectivity index (χ4v) is 3.58. The van der Waals surface area contributed by atoms with E-state index in [0.29, 0.717) is 5.25 Å². The van der Waals surface area contributed by atoms with Crippen molar-refractivity contribution in [3.63, 3.8) is 0 Å². The number of hydrogen-bond donors (Lipinski definition) is 0. The van der Waals surface area contributed by atoms with Crippen molar-refractivity contribution in [3.05, 3.63) is 29.6 Å². The zero-order valence-corrected chi connectivity index (χ0v) is 11.8. The Morgan fingerprint density at radius 1 is 1.30 bits per heavy atom. The number of ketones is 1. The Morgan fingerprint density at radius 2 is 2.00 bits per heavy atom. The number of rotatable bonds is 4. The number of pyridine rings is 1. The number of hydrogen-bond acceptors (Lipinski definition) is 3. The lowest BCUT2D eigenvalue weighted by atomic mass is 10.0. The third kappa shape index (κ3) is 3.98. The maximum atomic E-state index is 12.8. The largest absolute Gasteiger partial charge is 0.417 e. The van der Waals surface area contributed by atoms with Crippen molar-refractivity contribution in [1.29, 1.82) is 0 Å². The van der Waals surface area contributed by atoms with Crippen molar-refractivity contribution >= 4 is 17.5 Å². The molecule has 0 radical (unpaired) electrons. The second-order valence-corrected chi connectivity index (χ2v) is 6.20. The molecule has 1 aliphatic rings. The van der Waals surface area contributed by atoms with E-state index in [1.807, 2.05) is 0 Å². The van der Waals surface area contributed by atoms with E-state index < -0.39 is 17.5 Å². The van der Waals surface area contributed by atoms with Gasteiger partial charge in [-0.15, -0.1) is 0 Å². The third-order valence-corrected chi connectivity index (χ3v) is 4.80. The molecule has 6 heteroatoms. The molecule has 1 aliphatic carbocycles. The summed E-state index contributed by atoms with van der Waals surface area (Å²) in [4.78, 5) is 15.6. The SMILES string of the molecule is O=C(CSC1CCCCC1)c1cnccc1C(F)(F)F. The number of halogens is 3. The Kier molecular flexibility index (Phi) is 5.07. The van der Waals surface area contributed by atoms with Gasteiger partial charge in [-0.2, -0.15) is 24.9 Å². The van der Waals surface area contributed by atoms with Gasteiger partial charge in [-0.3, -0.25) is 9.78 Å². The summed E-state index contributed by atoms with van der Waals surface area (Å²) in [7, 11) is 0. The van der Waals surface area contributed by atoms with Gasteiger partial charge in [0.05, 0.1) is 11.3 Å². The molecule has 0 aliphatic heterocycles. The molecule has 0 amide bonds. The summed E-state index contributed by atoms with van der Waals surface area (Å²) < 4.78 is 38.5. The van der Waals surface area contributed by atoms with Crippen LogP contribution < -0.4 is 0 Å². The second kappa shape index (κ2) is 6.61. The first-order valence-corrected chi connectivity index (χ1v) is 7.69. The predicted octanol–water partition coefficient (Wildman–Crippen LogP) is 4.35. The van der Waals surface area contributed by atoms with Gasteiger partial charge in [0.1, 0.15) is 0 Å². The highest BCUT2D eigenvalue weighted by Crippen LogP contribution is 2.33. The average molecular weight is 303 g/mol. The maximum absolute atomic E-state index is 12.8. The van der Waals surface area contributed by atoms with Gasteiger partial charge in [0.25, 0.3) is 0 Å². The summed E-state index contributed by atoms with van der Waals surface area (Å²) in [6.45, 7) is 0. The van der Waals surface area contributed by atoms with E-state index in [2.05, 4.69) is 4.98 Å². The molecule has 0 unspecified atom stereocenters. The molecular weight excluding hydrogens is 287 g/mol. The topological polar surface area (TPSA) is 30.0 Å². The highest BCUT2D eigenvalue weighted by atomic mass is 32.2. The normalized spacial score (nSPS) is 17.1. The molecule has 20 heavy (non-hydrogen) atoms. The zero-order chi connectivity index (χ0) is 14.6. The van der Waals surface area contributed by atoms with Crippen LogP contribution >= 0.6 is 11.8 Å². The van der Waals surface area contributed by atoms with Gasteiger partial charge in [0, 0.05) is 23.2 Å². The first kappa shape index (κ1) is 15.4. The summed E-state index contributed by atoms with van der Waals surface area (Å²) in [5, 5.41) is 0.402. The summed E-state index contributed by atoms with van der Waals surface area (Å²) in [5.74, 6) is -0.389. The van der Waals surface area contributed by atoms with Crippen LogP contribution in [0.3, 0.4) is 0 Å². The van der Waals surface area contributed by atoms with Gasteiger partial charge in [0.2, 0.25) is 0 Å². The van der Waals surface area contributed by atoms with Gasteiger partial charge in [-0.05, 0) is 18.9 Å². The number of aromatic nitrogens is 1. The van der Waals surface area contributed by atoms with E-state index in [0.717, 1.165) is 44.1 Å². The molecule has 1 aromatic rings. The molecule has 1 saturated carbocycles. The monoisotopic (exact) mass is 303 g/mol. The van der Waals surface area contributed by atoms with E-state index in [9.17, 15) is 18.0 Å². The summed E-state index contributed by atoms with van der Waals surface area (Å²) >= 11 is 1.47. The Labute approximate surface area is 120 Å². The number of carbonyl (C=O) groups excluding carboxylic acids is 1. The van der Waals surface area contributed by atoms with Crippen molar-refractivity contribution in [2.75, 3.05) is 5.75 Å². The fraction of sp³-hybridized carbons (Fsp3) is 0.571. The fourth-order valence-electron chi connectivity index (χ4n) is 2.37. The Bertz CT molecular complexity index is 470. The first-order valence-electron chi connectivity index (χ1n) is 6.64. The highest BCUT2D eigenvalue weighted by Gasteiger charge is 2.35. The van der Waals surface area contributed by atoms with Crippen molar-refractivity contribution < 1.29 is 18.0 Å². The zero-order valence-electron chi connectivity index (χ0n) is 10.9. The Balaban J connectivity index is 2.02. The van der Waals surface area contributed by atoms with Crippen LogP contribution in [0, 0.1) is 0 Å². The Morgan fingerprint density at radius 3 is 2.65 bits per heavy atom. The van der Waals surface area contributed by atoms with E-state index >= 15 is 0 Å². The van der Waals surface area contributed by atoms with Crippen molar-refractivity contribution in [1.82, 2.24) is 4.98 Å². The molecule has 110 valence electrons. The van der Waals surface area contributed by atoms with Gasteiger partial charge < -0.3 is 0 Å². The van der Waals surface area contributed by atoms with E-state index in [-0.39, 0.29) is 11.3 Å². The van der Waals surface area contributed by atoms with Crippen LogP contribution in [-0.2, 0) is 6.18 Å². The van der Waals surface area contributed by atoms with Gasteiger partial charge in [-0.1, -0.05) is 19.3 Å². The molecule has 0 bridgehead atoms. The molecule has 1 fully saturated rings. The number of nitrogens with zero attached hydrogens (tertiary/aromatic N) is 1.